The van der Waals surface area contributed by atoms with Gasteiger partial charge in [-0.1, -0.05) is 65.7 Å². The normalized spacial score (nSPS) is 27.7. The van der Waals surface area contributed by atoms with E-state index in [1.165, 1.54) is 31.3 Å². The Labute approximate surface area is 287 Å². The number of ether oxygens (including phenoxy) is 2. The van der Waals surface area contributed by atoms with Crippen molar-refractivity contribution in [3.05, 3.63) is 100 Å². The number of carbonyl (C=O) groups excluding carboxylic acids is 4. The van der Waals surface area contributed by atoms with E-state index in [1.807, 2.05) is 42.5 Å². The maximum absolute atomic E-state index is 14.5. The van der Waals surface area contributed by atoms with Crippen molar-refractivity contribution in [1.82, 2.24) is 4.90 Å². The highest BCUT2D eigenvalue weighted by molar-refractivity contribution is 6.31. The van der Waals surface area contributed by atoms with E-state index in [0.717, 1.165) is 22.1 Å². The molecule has 2 aliphatic heterocycles. The molecule has 4 amide bonds. The van der Waals surface area contributed by atoms with Crippen molar-refractivity contribution >= 4 is 47.0 Å². The number of halogens is 2. The molecule has 252 valence electrons. The highest BCUT2D eigenvalue weighted by Gasteiger charge is 2.66. The van der Waals surface area contributed by atoms with Crippen LogP contribution in [0.25, 0.3) is 6.08 Å². The molecule has 0 radical (unpaired) electrons. The maximum atomic E-state index is 14.5. The van der Waals surface area contributed by atoms with Gasteiger partial charge in [-0.2, -0.15) is 0 Å². The monoisotopic (exact) mass is 684 g/mol. The molecule has 7 rings (SSSR count). The molecule has 11 heteroatoms. The number of likely N-dealkylation sites (tertiary alicyclic amines) is 1. The fourth-order valence-corrected chi connectivity index (χ4v) is 8.47. The van der Waals surface area contributed by atoms with Gasteiger partial charge in [0.2, 0.25) is 29.4 Å². The second-order valence-electron chi connectivity index (χ2n) is 13.2. The lowest BCUT2D eigenvalue weighted by Gasteiger charge is -2.47. The van der Waals surface area contributed by atoms with Crippen molar-refractivity contribution < 1.29 is 38.1 Å². The van der Waals surface area contributed by atoms with Gasteiger partial charge >= 0.3 is 0 Å². The standard InChI is InChI=1S/C38H34ClFN2O7/c1-38-26(13-9-21-15-30(48-2)33(43)31(16-21)49-3)23-11-12-24-32(36(46)41(34(24)44)19-20-7-5-4-6-8-20)25(23)18-27(38)35(45)42(37(38)47)22-10-14-29(40)28(39)17-22/h4-11,13-17,24-27,32,43H,12,18-19H2,1-3H3. The van der Waals surface area contributed by atoms with E-state index in [9.17, 15) is 28.7 Å². The second-order valence-corrected chi connectivity index (χ2v) is 13.6. The van der Waals surface area contributed by atoms with E-state index < -0.39 is 52.6 Å². The van der Waals surface area contributed by atoms with Gasteiger partial charge in [0, 0.05) is 5.92 Å². The lowest BCUT2D eigenvalue weighted by Crippen LogP contribution is -2.49. The Morgan fingerprint density at radius 1 is 0.959 bits per heavy atom. The Morgan fingerprint density at radius 3 is 2.31 bits per heavy atom. The van der Waals surface area contributed by atoms with Crippen molar-refractivity contribution in [3.8, 4) is 17.2 Å². The molecule has 0 spiro atoms. The van der Waals surface area contributed by atoms with Crippen molar-refractivity contribution in [2.24, 2.45) is 35.0 Å². The molecule has 3 fully saturated rings. The zero-order chi connectivity index (χ0) is 34.8. The molecule has 1 saturated carbocycles. The number of amides is 4. The molecule has 4 aliphatic rings. The number of hydrogen-bond donors (Lipinski definition) is 1. The highest BCUT2D eigenvalue weighted by atomic mass is 35.5. The maximum Gasteiger partial charge on any atom is 0.241 e. The van der Waals surface area contributed by atoms with Crippen LogP contribution in [0.15, 0.2) is 78.4 Å². The van der Waals surface area contributed by atoms with Crippen LogP contribution in [0.2, 0.25) is 5.02 Å². The zero-order valence-corrected chi connectivity index (χ0v) is 27.8. The summed E-state index contributed by atoms with van der Waals surface area (Å²) >= 11 is 6.09. The van der Waals surface area contributed by atoms with Crippen LogP contribution >= 0.6 is 11.6 Å². The summed E-state index contributed by atoms with van der Waals surface area (Å²) in [5.41, 5.74) is 1.12. The summed E-state index contributed by atoms with van der Waals surface area (Å²) in [4.78, 5) is 59.1. The average Bonchev–Trinajstić information content (AvgIpc) is 3.45. The van der Waals surface area contributed by atoms with Gasteiger partial charge in [0.1, 0.15) is 5.82 Å². The number of phenols is 1. The number of aromatic hydroxyl groups is 1. The van der Waals surface area contributed by atoms with Crippen LogP contribution in [0.3, 0.4) is 0 Å². The van der Waals surface area contributed by atoms with Gasteiger partial charge < -0.3 is 14.6 Å². The molecule has 3 aromatic carbocycles. The van der Waals surface area contributed by atoms with Gasteiger partial charge in [-0.05, 0) is 67.1 Å². The Kier molecular flexibility index (Phi) is 8.10. The quantitative estimate of drug-likeness (QED) is 0.234. The van der Waals surface area contributed by atoms with E-state index in [0.29, 0.717) is 12.0 Å². The van der Waals surface area contributed by atoms with Gasteiger partial charge in [-0.25, -0.2) is 9.29 Å². The third-order valence-electron chi connectivity index (χ3n) is 10.8. The molecular formula is C38H34ClFN2O7. The fourth-order valence-electron chi connectivity index (χ4n) is 8.29. The van der Waals surface area contributed by atoms with Gasteiger partial charge in [0.15, 0.2) is 11.5 Å². The number of fused-ring (bicyclic) bond motifs is 4. The first-order valence-corrected chi connectivity index (χ1v) is 16.4. The number of hydrogen-bond acceptors (Lipinski definition) is 7. The van der Waals surface area contributed by atoms with E-state index in [1.54, 1.807) is 25.1 Å². The molecule has 2 aliphatic carbocycles. The Bertz CT molecular complexity index is 1940. The number of imide groups is 2. The largest absolute Gasteiger partial charge is 0.502 e. The lowest BCUT2D eigenvalue weighted by atomic mass is 9.52. The van der Waals surface area contributed by atoms with E-state index in [4.69, 9.17) is 21.1 Å². The zero-order valence-electron chi connectivity index (χ0n) is 27.1. The summed E-state index contributed by atoms with van der Waals surface area (Å²) in [7, 11) is 2.84. The molecule has 1 N–H and O–H groups in total. The molecule has 2 heterocycles. The molecule has 9 nitrogen and oxygen atoms in total. The number of benzene rings is 3. The number of anilines is 1. The van der Waals surface area contributed by atoms with Crippen molar-refractivity contribution in [2.75, 3.05) is 19.1 Å². The van der Waals surface area contributed by atoms with Crippen LogP contribution in [-0.2, 0) is 25.7 Å². The predicted molar refractivity (Wildman–Crippen MR) is 179 cm³/mol. The van der Waals surface area contributed by atoms with Crippen LogP contribution in [0.4, 0.5) is 10.1 Å². The van der Waals surface area contributed by atoms with Gasteiger partial charge in [0.05, 0.1) is 54.6 Å². The molecule has 3 aromatic rings. The smallest absolute Gasteiger partial charge is 0.241 e. The number of nitrogens with zero attached hydrogens (tertiary/aromatic N) is 2. The number of rotatable bonds is 7. The first kappa shape index (κ1) is 32.6. The van der Waals surface area contributed by atoms with Crippen molar-refractivity contribution in [3.63, 3.8) is 0 Å². The first-order valence-electron chi connectivity index (χ1n) is 16.0. The van der Waals surface area contributed by atoms with Gasteiger partial charge in [-0.3, -0.25) is 24.1 Å². The van der Waals surface area contributed by atoms with E-state index >= 15 is 0 Å². The predicted octanol–water partition coefficient (Wildman–Crippen LogP) is 6.18. The average molecular weight is 685 g/mol. The van der Waals surface area contributed by atoms with Crippen LogP contribution < -0.4 is 14.4 Å². The summed E-state index contributed by atoms with van der Waals surface area (Å²) in [6, 6.07) is 16.3. The van der Waals surface area contributed by atoms with Gasteiger partial charge in [0.25, 0.3) is 0 Å². The summed E-state index contributed by atoms with van der Waals surface area (Å²) in [6.45, 7) is 1.90. The topological polar surface area (TPSA) is 113 Å². The summed E-state index contributed by atoms with van der Waals surface area (Å²) < 4.78 is 24.8. The summed E-state index contributed by atoms with van der Waals surface area (Å²) in [5.74, 6) is -5.21. The molecule has 0 aromatic heterocycles. The van der Waals surface area contributed by atoms with Crippen LogP contribution in [-0.4, -0.2) is 47.9 Å². The molecule has 0 bridgehead atoms. The van der Waals surface area contributed by atoms with Crippen LogP contribution in [0.1, 0.15) is 30.9 Å². The lowest BCUT2D eigenvalue weighted by molar-refractivity contribution is -0.141. The fraction of sp³-hybridized carbons (Fsp3) is 0.316. The minimum atomic E-state index is -1.29. The molecule has 2 saturated heterocycles. The second kappa shape index (κ2) is 12.2. The SMILES string of the molecule is COc1cc(C=CC2C3=CCC4C(=O)N(Cc5ccccc5)C(=O)C4C3CC3C(=O)N(c4ccc(F)c(Cl)c4)C(=O)C23C)cc(OC)c1O. The molecular weight excluding hydrogens is 651 g/mol. The number of carbonyl (C=O) groups is 4. The van der Waals surface area contributed by atoms with Crippen LogP contribution in [0.5, 0.6) is 17.2 Å². The summed E-state index contributed by atoms with van der Waals surface area (Å²) in [5, 5.41) is 10.2. The van der Waals surface area contributed by atoms with E-state index in [-0.39, 0.29) is 52.7 Å². The molecule has 6 unspecified atom stereocenters. The first-order chi connectivity index (χ1) is 23.5. The highest BCUT2D eigenvalue weighted by Crippen LogP contribution is 2.61. The Morgan fingerprint density at radius 2 is 1.65 bits per heavy atom. The summed E-state index contributed by atoms with van der Waals surface area (Å²) in [6.07, 6.45) is 6.07. The number of methoxy groups -OCH3 is 2. The van der Waals surface area contributed by atoms with Crippen molar-refractivity contribution in [2.45, 2.75) is 26.3 Å². The molecule has 49 heavy (non-hydrogen) atoms. The van der Waals surface area contributed by atoms with Crippen LogP contribution in [0, 0.1) is 40.8 Å². The third kappa shape index (κ3) is 5.03. The van der Waals surface area contributed by atoms with Crippen molar-refractivity contribution in [1.29, 1.82) is 0 Å². The minimum absolute atomic E-state index is 0.152. The number of phenolic OH excluding ortho intramolecular Hbond substituents is 1. The molecule has 6 atom stereocenters. The van der Waals surface area contributed by atoms with Gasteiger partial charge in [-0.15, -0.1) is 0 Å². The number of allylic oxidation sites excluding steroid dienone is 3. The third-order valence-corrected chi connectivity index (χ3v) is 11.1. The Hall–Kier alpha value is -4.96. The Balaban J connectivity index is 1.32. The van der Waals surface area contributed by atoms with E-state index in [2.05, 4.69) is 0 Å². The minimum Gasteiger partial charge on any atom is -0.502 e.